The van der Waals surface area contributed by atoms with Gasteiger partial charge in [-0.25, -0.2) is 15.0 Å². The topological polar surface area (TPSA) is 51.6 Å². The minimum Gasteiger partial charge on any atom is -0.255 e. The Morgan fingerprint density at radius 3 is 1.39 bits per heavy atom. The lowest BCUT2D eigenvalue weighted by atomic mass is 10.1. The van der Waals surface area contributed by atoms with Crippen molar-refractivity contribution in [2.75, 3.05) is 0 Å². The van der Waals surface area contributed by atoms with Crippen molar-refractivity contribution in [2.45, 2.75) is 52.4 Å². The Bertz CT molecular complexity index is 1370. The summed E-state index contributed by atoms with van der Waals surface area (Å²) in [7, 11) is 0. The molecule has 5 rings (SSSR count). The van der Waals surface area contributed by atoms with Crippen LogP contribution in [0.2, 0.25) is 0 Å². The zero-order valence-electron chi connectivity index (χ0n) is 22.3. The molecule has 190 valence electrons. The normalized spacial score (nSPS) is 11.0. The van der Waals surface area contributed by atoms with Crippen LogP contribution in [0.4, 0.5) is 0 Å². The van der Waals surface area contributed by atoms with E-state index in [-0.39, 0.29) is 0 Å². The summed E-state index contributed by atoms with van der Waals surface area (Å²) in [5.74, 6) is 1.98. The first-order valence-electron chi connectivity index (χ1n) is 13.7. The lowest BCUT2D eigenvalue weighted by Gasteiger charge is -2.10. The second-order valence-corrected chi connectivity index (χ2v) is 9.71. The Labute approximate surface area is 225 Å². The molecule has 0 bridgehead atoms. The van der Waals surface area contributed by atoms with E-state index >= 15 is 0 Å². The first-order valence-corrected chi connectivity index (χ1v) is 13.7. The van der Waals surface area contributed by atoms with Gasteiger partial charge in [0.05, 0.1) is 5.69 Å². The van der Waals surface area contributed by atoms with E-state index in [2.05, 4.69) is 74.5 Å². The number of aryl methyl sites for hydroxylation is 2. The van der Waals surface area contributed by atoms with Gasteiger partial charge in [0.1, 0.15) is 0 Å². The summed E-state index contributed by atoms with van der Waals surface area (Å²) in [4.78, 5) is 19.4. The van der Waals surface area contributed by atoms with Crippen LogP contribution in [0.25, 0.3) is 45.4 Å². The molecule has 0 N–H and O–H groups in total. The lowest BCUT2D eigenvalue weighted by molar-refractivity contribution is 0.795. The molecule has 0 amide bonds. The molecule has 0 unspecified atom stereocenters. The van der Waals surface area contributed by atoms with E-state index in [1.807, 2.05) is 36.5 Å². The number of hydrogen-bond acceptors (Lipinski definition) is 4. The summed E-state index contributed by atoms with van der Waals surface area (Å²) in [6, 6.07) is 31.5. The average Bonchev–Trinajstić information content (AvgIpc) is 3.00. The highest BCUT2D eigenvalue weighted by molar-refractivity contribution is 5.68. The second kappa shape index (κ2) is 12.4. The van der Waals surface area contributed by atoms with E-state index in [0.29, 0.717) is 17.5 Å². The highest BCUT2D eigenvalue weighted by Crippen LogP contribution is 2.26. The van der Waals surface area contributed by atoms with Crippen molar-refractivity contribution in [3.63, 3.8) is 0 Å². The van der Waals surface area contributed by atoms with Crippen molar-refractivity contribution in [1.82, 2.24) is 19.9 Å². The molecule has 2 aromatic heterocycles. The quantitative estimate of drug-likeness (QED) is 0.193. The molecule has 0 spiro atoms. The summed E-state index contributed by atoms with van der Waals surface area (Å²) in [5.41, 5.74) is 7.54. The average molecular weight is 499 g/mol. The molecule has 0 aliphatic heterocycles. The van der Waals surface area contributed by atoms with Gasteiger partial charge >= 0.3 is 0 Å². The molecule has 3 aromatic carbocycles. The van der Waals surface area contributed by atoms with Crippen LogP contribution in [0, 0.1) is 0 Å². The first kappa shape index (κ1) is 25.5. The van der Waals surface area contributed by atoms with Crippen LogP contribution >= 0.6 is 0 Å². The van der Waals surface area contributed by atoms with E-state index < -0.39 is 0 Å². The van der Waals surface area contributed by atoms with Gasteiger partial charge < -0.3 is 0 Å². The minimum absolute atomic E-state index is 0.627. The van der Waals surface area contributed by atoms with Crippen molar-refractivity contribution in [3.05, 3.63) is 108 Å². The van der Waals surface area contributed by atoms with Crippen molar-refractivity contribution >= 4 is 0 Å². The van der Waals surface area contributed by atoms with Crippen molar-refractivity contribution < 1.29 is 0 Å². The Balaban J connectivity index is 1.52. The second-order valence-electron chi connectivity index (χ2n) is 9.71. The van der Waals surface area contributed by atoms with E-state index in [4.69, 9.17) is 19.9 Å². The van der Waals surface area contributed by atoms with Gasteiger partial charge in [-0.15, -0.1) is 0 Å². The van der Waals surface area contributed by atoms with Crippen LogP contribution < -0.4 is 0 Å². The van der Waals surface area contributed by atoms with Crippen LogP contribution in [0.1, 0.15) is 50.7 Å². The maximum atomic E-state index is 4.91. The van der Waals surface area contributed by atoms with E-state index in [1.54, 1.807) is 0 Å². The van der Waals surface area contributed by atoms with Gasteiger partial charge in [0.25, 0.3) is 0 Å². The third-order valence-corrected chi connectivity index (χ3v) is 6.79. The van der Waals surface area contributed by atoms with Gasteiger partial charge in [-0.2, -0.15) is 0 Å². The number of pyridine rings is 1. The van der Waals surface area contributed by atoms with E-state index in [0.717, 1.165) is 40.8 Å². The largest absolute Gasteiger partial charge is 0.255 e. The zero-order valence-corrected chi connectivity index (χ0v) is 22.3. The van der Waals surface area contributed by atoms with Crippen molar-refractivity contribution in [1.29, 1.82) is 0 Å². The Morgan fingerprint density at radius 2 is 0.947 bits per heavy atom. The van der Waals surface area contributed by atoms with Crippen LogP contribution in [0.5, 0.6) is 0 Å². The molecule has 38 heavy (non-hydrogen) atoms. The highest BCUT2D eigenvalue weighted by atomic mass is 15.0. The molecule has 0 radical (unpaired) electrons. The smallest absolute Gasteiger partial charge is 0.165 e. The van der Waals surface area contributed by atoms with Crippen LogP contribution in [-0.2, 0) is 12.8 Å². The predicted molar refractivity (Wildman–Crippen MR) is 157 cm³/mol. The van der Waals surface area contributed by atoms with Gasteiger partial charge in [0, 0.05) is 28.5 Å². The number of benzene rings is 3. The van der Waals surface area contributed by atoms with Gasteiger partial charge in [-0.1, -0.05) is 106 Å². The van der Waals surface area contributed by atoms with Gasteiger partial charge in [-0.05, 0) is 48.9 Å². The van der Waals surface area contributed by atoms with E-state index in [1.165, 1.54) is 36.8 Å². The fraction of sp³-hybridized carbons (Fsp3) is 0.235. The molecule has 0 saturated heterocycles. The summed E-state index contributed by atoms with van der Waals surface area (Å²) in [5, 5.41) is 0. The molecule has 4 heteroatoms. The molecule has 2 heterocycles. The molecule has 0 fully saturated rings. The summed E-state index contributed by atoms with van der Waals surface area (Å²) >= 11 is 0. The summed E-state index contributed by atoms with van der Waals surface area (Å²) in [6.45, 7) is 4.44. The van der Waals surface area contributed by atoms with Crippen LogP contribution in [-0.4, -0.2) is 19.9 Å². The monoisotopic (exact) mass is 498 g/mol. The Morgan fingerprint density at radius 1 is 0.474 bits per heavy atom. The Hall–Kier alpha value is -4.18. The molecule has 5 aromatic rings. The fourth-order valence-electron chi connectivity index (χ4n) is 4.47. The highest BCUT2D eigenvalue weighted by Gasteiger charge is 2.13. The molecular weight excluding hydrogens is 464 g/mol. The molecule has 0 saturated carbocycles. The lowest BCUT2D eigenvalue weighted by Crippen LogP contribution is -2.01. The number of unbranched alkanes of at least 4 members (excludes halogenated alkanes) is 2. The SMILES string of the molecule is CCCCc1ccc(-c2nc(-c3ccc(CCCC)cc3)nc(-c3ccc(-c4ccccc4)nc3)n2)cc1. The standard InChI is InChI=1S/C34H34N4/c1-3-5-10-25-14-18-28(19-15-25)32-36-33(29-20-16-26(17-21-29)11-6-4-2)38-34(37-32)30-22-23-31(35-24-30)27-12-8-7-9-13-27/h7-9,12-24H,3-6,10-11H2,1-2H3. The molecule has 0 aliphatic rings. The van der Waals surface area contributed by atoms with Gasteiger partial charge in [0.2, 0.25) is 0 Å². The first-order chi connectivity index (χ1) is 18.7. The molecule has 0 atom stereocenters. The number of aromatic nitrogens is 4. The van der Waals surface area contributed by atoms with E-state index in [9.17, 15) is 0 Å². The summed E-state index contributed by atoms with van der Waals surface area (Å²) < 4.78 is 0. The molecular formula is C34H34N4. The maximum Gasteiger partial charge on any atom is 0.165 e. The number of hydrogen-bond donors (Lipinski definition) is 0. The molecule has 0 aliphatic carbocycles. The number of rotatable bonds is 10. The molecule has 4 nitrogen and oxygen atoms in total. The Kier molecular flexibility index (Phi) is 8.29. The van der Waals surface area contributed by atoms with Crippen molar-refractivity contribution in [3.8, 4) is 45.4 Å². The third kappa shape index (κ3) is 6.20. The van der Waals surface area contributed by atoms with Gasteiger partial charge in [-0.3, -0.25) is 4.98 Å². The predicted octanol–water partition coefficient (Wildman–Crippen LogP) is 8.62. The van der Waals surface area contributed by atoms with Crippen molar-refractivity contribution in [2.24, 2.45) is 0 Å². The summed E-state index contributed by atoms with van der Waals surface area (Å²) in [6.07, 6.45) is 8.81. The third-order valence-electron chi connectivity index (χ3n) is 6.79. The zero-order chi connectivity index (χ0) is 26.2. The maximum absolute atomic E-state index is 4.91. The van der Waals surface area contributed by atoms with Crippen LogP contribution in [0.3, 0.4) is 0 Å². The van der Waals surface area contributed by atoms with Crippen LogP contribution in [0.15, 0.2) is 97.2 Å². The minimum atomic E-state index is 0.627. The van der Waals surface area contributed by atoms with Gasteiger partial charge in [0.15, 0.2) is 17.5 Å². The number of nitrogens with zero attached hydrogens (tertiary/aromatic N) is 4. The fourth-order valence-corrected chi connectivity index (χ4v) is 4.47.